The summed E-state index contributed by atoms with van der Waals surface area (Å²) in [7, 11) is 0. The Morgan fingerprint density at radius 3 is 2.58 bits per heavy atom. The van der Waals surface area contributed by atoms with Crippen molar-refractivity contribution in [3.05, 3.63) is 105 Å². The van der Waals surface area contributed by atoms with Crippen LogP contribution in [0.1, 0.15) is 24.2 Å². The third-order valence-corrected chi connectivity index (χ3v) is 6.26. The second-order valence-electron chi connectivity index (χ2n) is 8.06. The summed E-state index contributed by atoms with van der Waals surface area (Å²) in [4.78, 5) is 17.2. The van der Waals surface area contributed by atoms with E-state index in [1.807, 2.05) is 56.3 Å². The van der Waals surface area contributed by atoms with Crippen LogP contribution in [-0.4, -0.2) is 19.7 Å². The van der Waals surface area contributed by atoms with E-state index in [-0.39, 0.29) is 17.4 Å². The zero-order chi connectivity index (χ0) is 23.1. The van der Waals surface area contributed by atoms with E-state index in [1.54, 1.807) is 23.0 Å². The number of aromatic nitrogens is 4. The van der Waals surface area contributed by atoms with Gasteiger partial charge in [-0.15, -0.1) is 0 Å². The van der Waals surface area contributed by atoms with Crippen LogP contribution >= 0.6 is 15.9 Å². The molecule has 0 spiro atoms. The van der Waals surface area contributed by atoms with Crippen molar-refractivity contribution in [3.8, 4) is 22.4 Å². The highest BCUT2D eigenvalue weighted by Gasteiger charge is 2.14. The minimum Gasteiger partial charge on any atom is -0.308 e. The SMILES string of the molecule is Cc1cc(-c2n[nH]c3ccc(-c4ccn(C(C)c5cc(F)cc(Br)c5)c(=O)c4)cc23)ccn1. The van der Waals surface area contributed by atoms with Crippen LogP contribution in [-0.2, 0) is 0 Å². The van der Waals surface area contributed by atoms with Crippen LogP contribution in [0.15, 0.2) is 82.3 Å². The second kappa shape index (κ2) is 8.41. The number of halogens is 2. The molecule has 0 amide bonds. The van der Waals surface area contributed by atoms with Gasteiger partial charge < -0.3 is 4.57 Å². The Morgan fingerprint density at radius 1 is 1.00 bits per heavy atom. The standard InChI is InChI=1S/C26H20BrFN4O/c1-15-9-19(5-7-29-15)26-23-12-17(3-4-24(23)30-31-26)18-6-8-32(25(33)13-18)16(2)20-10-21(27)14-22(28)11-20/h3-14,16H,1-2H3,(H,30,31). The van der Waals surface area contributed by atoms with E-state index in [9.17, 15) is 9.18 Å². The summed E-state index contributed by atoms with van der Waals surface area (Å²) in [6.07, 6.45) is 3.53. The molecule has 7 heteroatoms. The number of aryl methyl sites for hydroxylation is 1. The van der Waals surface area contributed by atoms with Crippen molar-refractivity contribution in [2.24, 2.45) is 0 Å². The maximum Gasteiger partial charge on any atom is 0.251 e. The number of hydrogen-bond acceptors (Lipinski definition) is 3. The lowest BCUT2D eigenvalue weighted by Crippen LogP contribution is -2.22. The van der Waals surface area contributed by atoms with Gasteiger partial charge in [0.25, 0.3) is 5.56 Å². The fourth-order valence-electron chi connectivity index (χ4n) is 4.07. The molecule has 0 saturated heterocycles. The van der Waals surface area contributed by atoms with Gasteiger partial charge in [0.1, 0.15) is 11.5 Å². The molecule has 0 aliphatic carbocycles. The minimum absolute atomic E-state index is 0.155. The molecule has 1 atom stereocenters. The first-order chi connectivity index (χ1) is 15.9. The van der Waals surface area contributed by atoms with Crippen molar-refractivity contribution in [1.82, 2.24) is 19.7 Å². The van der Waals surface area contributed by atoms with Crippen LogP contribution in [0.2, 0.25) is 0 Å². The molecule has 3 aromatic heterocycles. The Kier molecular flexibility index (Phi) is 5.42. The van der Waals surface area contributed by atoms with Crippen LogP contribution in [0.4, 0.5) is 4.39 Å². The molecule has 2 aromatic carbocycles. The van der Waals surface area contributed by atoms with E-state index in [2.05, 4.69) is 31.1 Å². The quantitative estimate of drug-likeness (QED) is 0.314. The first kappa shape index (κ1) is 21.3. The van der Waals surface area contributed by atoms with Crippen molar-refractivity contribution in [2.45, 2.75) is 19.9 Å². The predicted molar refractivity (Wildman–Crippen MR) is 132 cm³/mol. The Morgan fingerprint density at radius 2 is 1.82 bits per heavy atom. The van der Waals surface area contributed by atoms with E-state index in [0.717, 1.165) is 39.0 Å². The zero-order valence-electron chi connectivity index (χ0n) is 18.0. The molecule has 3 heterocycles. The normalized spacial score (nSPS) is 12.2. The highest BCUT2D eigenvalue weighted by Crippen LogP contribution is 2.30. The molecule has 0 fully saturated rings. The van der Waals surface area contributed by atoms with Gasteiger partial charge >= 0.3 is 0 Å². The Labute approximate surface area is 198 Å². The summed E-state index contributed by atoms with van der Waals surface area (Å²) in [5.41, 5.74) is 5.95. The fraction of sp³-hybridized carbons (Fsp3) is 0.115. The van der Waals surface area contributed by atoms with Gasteiger partial charge in [-0.2, -0.15) is 5.10 Å². The van der Waals surface area contributed by atoms with Crippen LogP contribution < -0.4 is 5.56 Å². The molecule has 0 radical (unpaired) electrons. The largest absolute Gasteiger partial charge is 0.308 e. The summed E-state index contributed by atoms with van der Waals surface area (Å²) in [6.45, 7) is 3.82. The highest BCUT2D eigenvalue weighted by molar-refractivity contribution is 9.10. The molecule has 0 aliphatic rings. The summed E-state index contributed by atoms with van der Waals surface area (Å²) in [5.74, 6) is -0.343. The van der Waals surface area contributed by atoms with Crippen LogP contribution in [0, 0.1) is 12.7 Å². The van der Waals surface area contributed by atoms with Crippen molar-refractivity contribution in [3.63, 3.8) is 0 Å². The predicted octanol–water partition coefficient (Wildman–Crippen LogP) is 6.27. The molecule has 0 bridgehead atoms. The third-order valence-electron chi connectivity index (χ3n) is 5.80. The molecular formula is C26H20BrFN4O. The molecule has 5 aromatic rings. The maximum absolute atomic E-state index is 13.8. The molecule has 0 saturated carbocycles. The lowest BCUT2D eigenvalue weighted by atomic mass is 10.0. The number of aromatic amines is 1. The van der Waals surface area contributed by atoms with E-state index >= 15 is 0 Å². The topological polar surface area (TPSA) is 63.6 Å². The second-order valence-corrected chi connectivity index (χ2v) is 8.97. The smallest absolute Gasteiger partial charge is 0.251 e. The molecule has 1 unspecified atom stereocenters. The number of fused-ring (bicyclic) bond motifs is 1. The molecule has 5 rings (SSSR count). The van der Waals surface area contributed by atoms with Crippen molar-refractivity contribution in [1.29, 1.82) is 0 Å². The van der Waals surface area contributed by atoms with Gasteiger partial charge in [0.15, 0.2) is 0 Å². The number of H-pyrrole nitrogens is 1. The van der Waals surface area contributed by atoms with E-state index in [4.69, 9.17) is 0 Å². The van der Waals surface area contributed by atoms with Crippen molar-refractivity contribution in [2.75, 3.05) is 0 Å². The van der Waals surface area contributed by atoms with Crippen LogP contribution in [0.3, 0.4) is 0 Å². The fourth-order valence-corrected chi connectivity index (χ4v) is 4.56. The number of benzene rings is 2. The van der Waals surface area contributed by atoms with E-state index in [0.29, 0.717) is 10.0 Å². The van der Waals surface area contributed by atoms with Crippen molar-refractivity contribution >= 4 is 26.8 Å². The van der Waals surface area contributed by atoms with E-state index in [1.165, 1.54) is 12.1 Å². The van der Waals surface area contributed by atoms with E-state index < -0.39 is 0 Å². The first-order valence-electron chi connectivity index (χ1n) is 10.5. The van der Waals surface area contributed by atoms with Gasteiger partial charge in [-0.25, -0.2) is 4.39 Å². The Bertz CT molecular complexity index is 1540. The van der Waals surface area contributed by atoms with Gasteiger partial charge in [-0.3, -0.25) is 14.9 Å². The molecule has 33 heavy (non-hydrogen) atoms. The third kappa shape index (κ3) is 4.12. The summed E-state index contributed by atoms with van der Waals surface area (Å²) < 4.78 is 16.1. The number of hydrogen-bond donors (Lipinski definition) is 1. The van der Waals surface area contributed by atoms with Crippen LogP contribution in [0.25, 0.3) is 33.3 Å². The molecule has 0 aliphatic heterocycles. The Balaban J connectivity index is 1.53. The van der Waals surface area contributed by atoms with Gasteiger partial charge in [0.2, 0.25) is 0 Å². The monoisotopic (exact) mass is 502 g/mol. The summed E-state index contributed by atoms with van der Waals surface area (Å²) in [5, 5.41) is 8.54. The molecule has 5 nitrogen and oxygen atoms in total. The average Bonchev–Trinajstić information content (AvgIpc) is 3.21. The molecular weight excluding hydrogens is 483 g/mol. The highest BCUT2D eigenvalue weighted by atomic mass is 79.9. The molecule has 1 N–H and O–H groups in total. The minimum atomic E-state index is -0.343. The maximum atomic E-state index is 13.8. The van der Waals surface area contributed by atoms with Gasteiger partial charge in [0.05, 0.1) is 11.6 Å². The molecule has 164 valence electrons. The zero-order valence-corrected chi connectivity index (χ0v) is 19.6. The van der Waals surface area contributed by atoms with Gasteiger partial charge in [0, 0.05) is 39.6 Å². The summed E-state index contributed by atoms with van der Waals surface area (Å²) >= 11 is 3.32. The number of rotatable bonds is 4. The van der Waals surface area contributed by atoms with Gasteiger partial charge in [-0.05, 0) is 79.1 Å². The summed E-state index contributed by atoms with van der Waals surface area (Å²) in [6, 6.07) is 17.8. The number of nitrogens with one attached hydrogen (secondary N) is 1. The van der Waals surface area contributed by atoms with Crippen molar-refractivity contribution < 1.29 is 4.39 Å². The van der Waals surface area contributed by atoms with Crippen LogP contribution in [0.5, 0.6) is 0 Å². The average molecular weight is 503 g/mol. The lowest BCUT2D eigenvalue weighted by Gasteiger charge is -2.16. The van der Waals surface area contributed by atoms with Gasteiger partial charge in [-0.1, -0.05) is 22.0 Å². The Hall–Kier alpha value is -3.58. The first-order valence-corrected chi connectivity index (χ1v) is 11.3. The number of pyridine rings is 2. The lowest BCUT2D eigenvalue weighted by molar-refractivity contribution is 0.592. The number of nitrogens with zero attached hydrogens (tertiary/aromatic N) is 3.